The van der Waals surface area contributed by atoms with E-state index in [4.69, 9.17) is 9.84 Å². The number of rotatable bonds is 6. The Hall–Kier alpha value is -1.88. The fraction of sp³-hybridized carbons (Fsp3) is 0.333. The number of hydrogen-bond donors (Lipinski definition) is 3. The highest BCUT2D eigenvalue weighted by Gasteiger charge is 2.15. The summed E-state index contributed by atoms with van der Waals surface area (Å²) in [7, 11) is 0. The van der Waals surface area contributed by atoms with Crippen LogP contribution in [0.15, 0.2) is 48.5 Å². The zero-order valence-corrected chi connectivity index (χ0v) is 12.9. The molecule has 118 valence electrons. The molecule has 0 aromatic heterocycles. The number of hydrogen-bond acceptors (Lipinski definition) is 4. The van der Waals surface area contributed by atoms with Crippen molar-refractivity contribution in [2.45, 2.75) is 25.6 Å². The first-order chi connectivity index (χ1) is 10.4. The van der Waals surface area contributed by atoms with Crippen LogP contribution in [0.5, 0.6) is 5.75 Å². The fourth-order valence-corrected chi connectivity index (χ4v) is 2.06. The predicted octanol–water partition coefficient (Wildman–Crippen LogP) is 2.31. The van der Waals surface area contributed by atoms with Crippen molar-refractivity contribution in [2.24, 2.45) is 0 Å². The topological polar surface area (TPSA) is 69.9 Å². The van der Waals surface area contributed by atoms with Gasteiger partial charge in [-0.25, -0.2) is 0 Å². The van der Waals surface area contributed by atoms with Crippen LogP contribution < -0.4 is 4.74 Å². The van der Waals surface area contributed by atoms with Crippen LogP contribution in [0, 0.1) is 0 Å². The molecule has 0 saturated heterocycles. The lowest BCUT2D eigenvalue weighted by atomic mass is 9.95. The normalized spacial score (nSPS) is 13.0. The minimum absolute atomic E-state index is 0.0656. The minimum Gasteiger partial charge on any atom is -0.491 e. The molecular formula is C18H22O4. The average Bonchev–Trinajstić information content (AvgIpc) is 2.52. The van der Waals surface area contributed by atoms with Crippen molar-refractivity contribution in [1.29, 1.82) is 0 Å². The molecule has 3 N–H and O–H groups in total. The van der Waals surface area contributed by atoms with Crippen LogP contribution in [-0.4, -0.2) is 34.6 Å². The summed E-state index contributed by atoms with van der Waals surface area (Å²) in [4.78, 5) is 0. The van der Waals surface area contributed by atoms with Crippen molar-refractivity contribution in [2.75, 3.05) is 13.2 Å². The van der Waals surface area contributed by atoms with Crippen molar-refractivity contribution in [3.05, 3.63) is 54.1 Å². The molecule has 2 rings (SSSR count). The van der Waals surface area contributed by atoms with Gasteiger partial charge >= 0.3 is 0 Å². The van der Waals surface area contributed by atoms with Gasteiger partial charge in [0.15, 0.2) is 0 Å². The average molecular weight is 302 g/mol. The molecule has 0 aliphatic rings. The number of benzene rings is 2. The predicted molar refractivity (Wildman–Crippen MR) is 85.7 cm³/mol. The van der Waals surface area contributed by atoms with Crippen molar-refractivity contribution in [3.63, 3.8) is 0 Å². The fourth-order valence-electron chi connectivity index (χ4n) is 2.06. The monoisotopic (exact) mass is 302 g/mol. The van der Waals surface area contributed by atoms with Gasteiger partial charge in [-0.2, -0.15) is 0 Å². The molecule has 0 saturated carbocycles. The minimum atomic E-state index is -0.867. The maximum absolute atomic E-state index is 9.96. The van der Waals surface area contributed by atoms with E-state index < -0.39 is 11.7 Å². The Bertz CT molecular complexity index is 582. The highest BCUT2D eigenvalue weighted by atomic mass is 16.5. The molecular weight excluding hydrogens is 280 g/mol. The number of ether oxygens (including phenoxy) is 1. The van der Waals surface area contributed by atoms with E-state index in [2.05, 4.69) is 0 Å². The molecule has 0 radical (unpaired) electrons. The van der Waals surface area contributed by atoms with Gasteiger partial charge in [0.2, 0.25) is 0 Å². The van der Waals surface area contributed by atoms with E-state index in [1.54, 1.807) is 13.8 Å². The van der Waals surface area contributed by atoms with Crippen LogP contribution in [0.4, 0.5) is 0 Å². The van der Waals surface area contributed by atoms with Crippen molar-refractivity contribution in [3.8, 4) is 16.9 Å². The second-order valence-corrected chi connectivity index (χ2v) is 5.81. The summed E-state index contributed by atoms with van der Waals surface area (Å²) >= 11 is 0. The Morgan fingerprint density at radius 2 is 1.45 bits per heavy atom. The van der Waals surface area contributed by atoms with E-state index in [1.807, 2.05) is 48.5 Å². The SMILES string of the molecule is CC(C)(O)c1ccc(-c2ccc(OCC(O)CO)cc2)cc1. The first-order valence-corrected chi connectivity index (χ1v) is 7.25. The molecule has 4 heteroatoms. The lowest BCUT2D eigenvalue weighted by Gasteiger charge is -2.18. The highest BCUT2D eigenvalue weighted by molar-refractivity contribution is 5.64. The summed E-state index contributed by atoms with van der Waals surface area (Å²) in [6.45, 7) is 3.27. The zero-order chi connectivity index (χ0) is 16.2. The smallest absolute Gasteiger partial charge is 0.119 e. The summed E-state index contributed by atoms with van der Waals surface area (Å²) in [5.41, 5.74) is 2.12. The molecule has 0 heterocycles. The summed E-state index contributed by atoms with van der Waals surface area (Å²) in [6, 6.07) is 15.3. The molecule has 0 spiro atoms. The van der Waals surface area contributed by atoms with E-state index in [-0.39, 0.29) is 13.2 Å². The maximum Gasteiger partial charge on any atom is 0.119 e. The van der Waals surface area contributed by atoms with Crippen LogP contribution >= 0.6 is 0 Å². The third-order valence-electron chi connectivity index (χ3n) is 3.43. The largest absolute Gasteiger partial charge is 0.491 e. The van der Waals surface area contributed by atoms with E-state index in [0.29, 0.717) is 5.75 Å². The third-order valence-corrected chi connectivity index (χ3v) is 3.43. The van der Waals surface area contributed by atoms with Crippen LogP contribution in [0.25, 0.3) is 11.1 Å². The summed E-state index contributed by atoms with van der Waals surface area (Å²) in [5, 5.41) is 27.9. The quantitative estimate of drug-likeness (QED) is 0.766. The number of aliphatic hydroxyl groups excluding tert-OH is 2. The molecule has 0 aliphatic heterocycles. The molecule has 0 aliphatic carbocycles. The standard InChI is InChI=1S/C18H22O4/c1-18(2,21)15-7-3-13(4-8-15)14-5-9-17(10-6-14)22-12-16(20)11-19/h3-10,16,19-21H,11-12H2,1-2H3. The highest BCUT2D eigenvalue weighted by Crippen LogP contribution is 2.26. The Kier molecular flexibility index (Phi) is 5.19. The zero-order valence-electron chi connectivity index (χ0n) is 12.9. The van der Waals surface area contributed by atoms with Gasteiger partial charge in [-0.15, -0.1) is 0 Å². The van der Waals surface area contributed by atoms with Gasteiger partial charge < -0.3 is 20.1 Å². The Morgan fingerprint density at radius 3 is 1.91 bits per heavy atom. The van der Waals surface area contributed by atoms with E-state index in [9.17, 15) is 10.2 Å². The molecule has 2 aromatic carbocycles. The third kappa shape index (κ3) is 4.31. The van der Waals surface area contributed by atoms with Crippen molar-refractivity contribution < 1.29 is 20.1 Å². The van der Waals surface area contributed by atoms with E-state index in [0.717, 1.165) is 16.7 Å². The Balaban J connectivity index is 2.07. The van der Waals surface area contributed by atoms with Gasteiger partial charge in [0.1, 0.15) is 18.5 Å². The van der Waals surface area contributed by atoms with Gasteiger partial charge in [-0.3, -0.25) is 0 Å². The molecule has 2 aromatic rings. The van der Waals surface area contributed by atoms with Gasteiger partial charge in [0.25, 0.3) is 0 Å². The molecule has 4 nitrogen and oxygen atoms in total. The summed E-state index contributed by atoms with van der Waals surface area (Å²) < 4.78 is 5.37. The van der Waals surface area contributed by atoms with Crippen LogP contribution in [-0.2, 0) is 5.60 Å². The molecule has 22 heavy (non-hydrogen) atoms. The van der Waals surface area contributed by atoms with Gasteiger partial charge in [-0.05, 0) is 42.7 Å². The summed E-state index contributed by atoms with van der Waals surface area (Å²) in [5.74, 6) is 0.643. The second kappa shape index (κ2) is 6.92. The van der Waals surface area contributed by atoms with Gasteiger partial charge in [0, 0.05) is 0 Å². The maximum atomic E-state index is 9.96. The van der Waals surface area contributed by atoms with E-state index in [1.165, 1.54) is 0 Å². The molecule has 0 fully saturated rings. The summed E-state index contributed by atoms with van der Waals surface area (Å²) in [6.07, 6.45) is -0.867. The lowest BCUT2D eigenvalue weighted by molar-refractivity contribution is 0.0536. The van der Waals surface area contributed by atoms with Crippen molar-refractivity contribution >= 4 is 0 Å². The number of aliphatic hydroxyl groups is 3. The molecule has 1 atom stereocenters. The first-order valence-electron chi connectivity index (χ1n) is 7.25. The molecule has 0 bridgehead atoms. The van der Waals surface area contributed by atoms with Gasteiger partial charge in [0.05, 0.1) is 12.2 Å². The lowest BCUT2D eigenvalue weighted by Crippen LogP contribution is -2.21. The van der Waals surface area contributed by atoms with Gasteiger partial charge in [-0.1, -0.05) is 36.4 Å². The molecule has 1 unspecified atom stereocenters. The molecule has 0 amide bonds. The van der Waals surface area contributed by atoms with E-state index >= 15 is 0 Å². The van der Waals surface area contributed by atoms with Crippen LogP contribution in [0.2, 0.25) is 0 Å². The van der Waals surface area contributed by atoms with Crippen molar-refractivity contribution in [1.82, 2.24) is 0 Å². The van der Waals surface area contributed by atoms with Crippen LogP contribution in [0.3, 0.4) is 0 Å². The Morgan fingerprint density at radius 1 is 0.955 bits per heavy atom. The second-order valence-electron chi connectivity index (χ2n) is 5.81. The van der Waals surface area contributed by atoms with Crippen LogP contribution in [0.1, 0.15) is 19.4 Å². The Labute approximate surface area is 130 Å². The first kappa shape index (κ1) is 16.5.